The van der Waals surface area contributed by atoms with Crippen molar-refractivity contribution in [2.45, 2.75) is 58.3 Å². The molecule has 1 amide bonds. The van der Waals surface area contributed by atoms with Gasteiger partial charge in [0.1, 0.15) is 17.7 Å². The van der Waals surface area contributed by atoms with Crippen molar-refractivity contribution in [1.29, 1.82) is 0 Å². The molecule has 0 aliphatic heterocycles. The van der Waals surface area contributed by atoms with E-state index < -0.39 is 59.0 Å². The Bertz CT molecular complexity index is 939. The minimum absolute atomic E-state index is 0.183. The van der Waals surface area contributed by atoms with Crippen LogP contribution in [-0.4, -0.2) is 29.8 Å². The zero-order chi connectivity index (χ0) is 24.2. The van der Waals surface area contributed by atoms with Gasteiger partial charge in [-0.25, -0.2) is 27.2 Å². The molecule has 2 rings (SSSR count). The maximum atomic E-state index is 13.9. The average molecular weight is 455 g/mol. The van der Waals surface area contributed by atoms with E-state index in [0.717, 1.165) is 24.3 Å². The summed E-state index contributed by atoms with van der Waals surface area (Å²) in [6.45, 7) is 7.82. The maximum absolute atomic E-state index is 13.9. The van der Waals surface area contributed by atoms with Crippen molar-refractivity contribution in [3.05, 3.63) is 70.8 Å². The summed E-state index contributed by atoms with van der Waals surface area (Å²) in [6, 6.07) is 5.00. The summed E-state index contributed by atoms with van der Waals surface area (Å²) < 4.78 is 65.0. The Kier molecular flexibility index (Phi) is 7.87. The van der Waals surface area contributed by atoms with Crippen molar-refractivity contribution >= 4 is 12.1 Å². The van der Waals surface area contributed by atoms with Crippen LogP contribution in [0.15, 0.2) is 36.4 Å². The molecule has 0 bridgehead atoms. The molecule has 0 radical (unpaired) electrons. The van der Waals surface area contributed by atoms with E-state index in [-0.39, 0.29) is 11.1 Å². The van der Waals surface area contributed by atoms with Crippen LogP contribution in [0.3, 0.4) is 0 Å². The van der Waals surface area contributed by atoms with Crippen LogP contribution in [0.4, 0.5) is 22.4 Å². The van der Waals surface area contributed by atoms with Crippen LogP contribution in [0.2, 0.25) is 0 Å². The van der Waals surface area contributed by atoms with E-state index in [9.17, 15) is 27.2 Å². The second-order valence-electron chi connectivity index (χ2n) is 8.33. The fraction of sp³-hybridized carbons (Fsp3) is 0.391. The fourth-order valence-corrected chi connectivity index (χ4v) is 3.04. The number of esters is 1. The molecule has 0 aliphatic carbocycles. The van der Waals surface area contributed by atoms with E-state index in [1.54, 1.807) is 20.8 Å². The Morgan fingerprint density at radius 2 is 1.31 bits per heavy atom. The van der Waals surface area contributed by atoms with E-state index in [0.29, 0.717) is 0 Å². The van der Waals surface area contributed by atoms with Gasteiger partial charge in [0.15, 0.2) is 23.3 Å². The van der Waals surface area contributed by atoms with Gasteiger partial charge >= 0.3 is 12.1 Å². The molecule has 0 aromatic heterocycles. The van der Waals surface area contributed by atoms with Crippen LogP contribution in [0.1, 0.15) is 51.7 Å². The molecule has 2 atom stereocenters. The predicted molar refractivity (Wildman–Crippen MR) is 109 cm³/mol. The number of carbonyl (C=O) groups is 2. The highest BCUT2D eigenvalue weighted by Gasteiger charge is 2.29. The van der Waals surface area contributed by atoms with E-state index in [1.165, 1.54) is 26.0 Å². The number of ether oxygens (including phenoxy) is 2. The lowest BCUT2D eigenvalue weighted by Gasteiger charge is -2.27. The lowest BCUT2D eigenvalue weighted by molar-refractivity contribution is -0.150. The van der Waals surface area contributed by atoms with Crippen molar-refractivity contribution in [2.75, 3.05) is 0 Å². The Hall–Kier alpha value is -3.10. The molecule has 2 aromatic carbocycles. The summed E-state index contributed by atoms with van der Waals surface area (Å²) in [4.78, 5) is 24.4. The normalized spacial score (nSPS) is 13.4. The van der Waals surface area contributed by atoms with Gasteiger partial charge in [0.25, 0.3) is 0 Å². The molecule has 5 nitrogen and oxygen atoms in total. The van der Waals surface area contributed by atoms with Crippen LogP contribution in [0.25, 0.3) is 0 Å². The molecule has 0 fully saturated rings. The summed E-state index contributed by atoms with van der Waals surface area (Å²) in [7, 11) is 0. The number of rotatable bonds is 6. The van der Waals surface area contributed by atoms with Gasteiger partial charge in [-0.05, 0) is 70.0 Å². The summed E-state index contributed by atoms with van der Waals surface area (Å²) >= 11 is 0. The molecule has 2 aromatic rings. The monoisotopic (exact) mass is 455 g/mol. The van der Waals surface area contributed by atoms with E-state index in [2.05, 4.69) is 5.32 Å². The van der Waals surface area contributed by atoms with Crippen LogP contribution >= 0.6 is 0 Å². The first-order chi connectivity index (χ1) is 14.8. The van der Waals surface area contributed by atoms with Crippen LogP contribution < -0.4 is 5.32 Å². The maximum Gasteiger partial charge on any atom is 0.408 e. The van der Waals surface area contributed by atoms with Gasteiger partial charge in [-0.15, -0.1) is 0 Å². The number of hydrogen-bond donors (Lipinski definition) is 1. The van der Waals surface area contributed by atoms with Gasteiger partial charge in [-0.3, -0.25) is 0 Å². The molecule has 0 saturated heterocycles. The Balaban J connectivity index is 2.27. The van der Waals surface area contributed by atoms with Gasteiger partial charge in [-0.2, -0.15) is 0 Å². The van der Waals surface area contributed by atoms with Crippen LogP contribution in [0.5, 0.6) is 0 Å². The summed E-state index contributed by atoms with van der Waals surface area (Å²) in [6.07, 6.45) is -1.84. The molecule has 0 spiro atoms. The minimum atomic E-state index is -1.14. The van der Waals surface area contributed by atoms with Gasteiger partial charge in [0.05, 0.1) is 0 Å². The molecule has 32 heavy (non-hydrogen) atoms. The zero-order valence-corrected chi connectivity index (χ0v) is 18.3. The minimum Gasteiger partial charge on any atom is -0.460 e. The molecule has 174 valence electrons. The Morgan fingerprint density at radius 3 is 1.72 bits per heavy atom. The number of halogens is 4. The zero-order valence-electron chi connectivity index (χ0n) is 18.3. The molecular formula is C23H25F4NO4. The molecule has 0 heterocycles. The van der Waals surface area contributed by atoms with Crippen LogP contribution in [0, 0.1) is 23.3 Å². The number of nitrogens with one attached hydrogen (secondary N) is 1. The molecule has 0 aliphatic rings. The molecule has 0 unspecified atom stereocenters. The highest BCUT2D eigenvalue weighted by atomic mass is 19.2. The summed E-state index contributed by atoms with van der Waals surface area (Å²) in [5, 5.41) is 2.34. The molecule has 1 N–H and O–H groups in total. The lowest BCUT2D eigenvalue weighted by Crippen LogP contribution is -2.43. The average Bonchev–Trinajstić information content (AvgIpc) is 2.66. The topological polar surface area (TPSA) is 64.6 Å². The quantitative estimate of drug-likeness (QED) is 0.479. The first-order valence-electron chi connectivity index (χ1n) is 9.88. The SMILES string of the molecule is C[C@H](NC(=O)OC(C)(C)C)C(=O)O[C@@H](C)C(c1ccc(F)c(F)c1)c1ccc(F)c(F)c1. The van der Waals surface area contributed by atoms with E-state index in [1.807, 2.05) is 0 Å². The Labute approximate surface area is 183 Å². The summed E-state index contributed by atoms with van der Waals surface area (Å²) in [5.41, 5.74) is -0.406. The van der Waals surface area contributed by atoms with Crippen molar-refractivity contribution in [3.63, 3.8) is 0 Å². The fourth-order valence-electron chi connectivity index (χ4n) is 3.04. The smallest absolute Gasteiger partial charge is 0.408 e. The summed E-state index contributed by atoms with van der Waals surface area (Å²) in [5.74, 6) is -6.24. The highest BCUT2D eigenvalue weighted by Crippen LogP contribution is 2.32. The number of benzene rings is 2. The van der Waals surface area contributed by atoms with Crippen molar-refractivity contribution in [2.24, 2.45) is 0 Å². The van der Waals surface area contributed by atoms with Crippen molar-refractivity contribution < 1.29 is 36.6 Å². The first kappa shape index (κ1) is 25.2. The van der Waals surface area contributed by atoms with Crippen molar-refractivity contribution in [1.82, 2.24) is 5.32 Å². The number of carbonyl (C=O) groups excluding carboxylic acids is 2. The molecule has 0 saturated carbocycles. The third-order valence-electron chi connectivity index (χ3n) is 4.46. The van der Waals surface area contributed by atoms with Gasteiger partial charge in [0, 0.05) is 5.92 Å². The third kappa shape index (κ3) is 6.70. The second kappa shape index (κ2) is 10.0. The first-order valence-corrected chi connectivity index (χ1v) is 9.88. The number of hydrogen-bond acceptors (Lipinski definition) is 4. The largest absolute Gasteiger partial charge is 0.460 e. The predicted octanol–water partition coefficient (Wildman–Crippen LogP) is 5.22. The number of amides is 1. The molecule has 9 heteroatoms. The van der Waals surface area contributed by atoms with Gasteiger partial charge < -0.3 is 14.8 Å². The van der Waals surface area contributed by atoms with E-state index >= 15 is 0 Å². The highest BCUT2D eigenvalue weighted by molar-refractivity contribution is 5.81. The standard InChI is InChI=1S/C23H25F4NO4/c1-12(28-22(30)32-23(3,4)5)21(29)31-13(2)20(14-6-8-16(24)18(26)10-14)15-7-9-17(25)19(27)11-15/h6-13,20H,1-5H3,(H,28,30)/t12-,13-/m0/s1. The Morgan fingerprint density at radius 1 is 0.844 bits per heavy atom. The third-order valence-corrected chi connectivity index (χ3v) is 4.46. The van der Waals surface area contributed by atoms with Crippen LogP contribution in [-0.2, 0) is 14.3 Å². The number of alkyl carbamates (subject to hydrolysis) is 1. The second-order valence-corrected chi connectivity index (χ2v) is 8.33. The van der Waals surface area contributed by atoms with Gasteiger partial charge in [-0.1, -0.05) is 12.1 Å². The van der Waals surface area contributed by atoms with Crippen molar-refractivity contribution in [3.8, 4) is 0 Å². The van der Waals surface area contributed by atoms with E-state index in [4.69, 9.17) is 9.47 Å². The lowest BCUT2D eigenvalue weighted by atomic mass is 9.87. The van der Waals surface area contributed by atoms with Gasteiger partial charge in [0.2, 0.25) is 0 Å². The molecular weight excluding hydrogens is 430 g/mol.